The number of aromatic nitrogens is 2. The van der Waals surface area contributed by atoms with E-state index in [1.54, 1.807) is 18.2 Å². The standard InChI is InChI=1S/C20H22N4O3S/c1-28(26,27)24-12-9-15-13-16(7-8-18(15)24)20(25)21-10-4-11-23-14-22-17-5-2-3-6-19(17)23/h2-3,5-8,13-14H,4,9-12H2,1H3,(H,21,25). The Morgan fingerprint density at radius 3 is 2.86 bits per heavy atom. The first-order chi connectivity index (χ1) is 13.4. The summed E-state index contributed by atoms with van der Waals surface area (Å²) in [4.78, 5) is 16.8. The lowest BCUT2D eigenvalue weighted by Gasteiger charge is -2.16. The van der Waals surface area contributed by atoms with E-state index >= 15 is 0 Å². The van der Waals surface area contributed by atoms with Crippen LogP contribution in [0.1, 0.15) is 22.3 Å². The molecule has 0 bridgehead atoms. The first kappa shape index (κ1) is 18.5. The molecular weight excluding hydrogens is 376 g/mol. The molecule has 1 aliphatic heterocycles. The van der Waals surface area contributed by atoms with E-state index in [0.717, 1.165) is 29.6 Å². The lowest BCUT2D eigenvalue weighted by atomic mass is 10.1. The zero-order valence-corrected chi connectivity index (χ0v) is 16.4. The summed E-state index contributed by atoms with van der Waals surface area (Å²) >= 11 is 0. The highest BCUT2D eigenvalue weighted by Crippen LogP contribution is 2.30. The monoisotopic (exact) mass is 398 g/mol. The number of sulfonamides is 1. The van der Waals surface area contributed by atoms with Gasteiger partial charge in [-0.05, 0) is 48.7 Å². The molecule has 0 aliphatic carbocycles. The summed E-state index contributed by atoms with van der Waals surface area (Å²) in [6.07, 6.45) is 4.43. The molecule has 146 valence electrons. The maximum absolute atomic E-state index is 12.4. The lowest BCUT2D eigenvalue weighted by Crippen LogP contribution is -2.27. The quantitative estimate of drug-likeness (QED) is 0.645. The summed E-state index contributed by atoms with van der Waals surface area (Å²) in [6.45, 7) is 1.75. The molecular formula is C20H22N4O3S. The Hall–Kier alpha value is -2.87. The fourth-order valence-electron chi connectivity index (χ4n) is 3.60. The SMILES string of the molecule is CS(=O)(=O)N1CCc2cc(C(=O)NCCCn3cnc4ccccc43)ccc21. The minimum Gasteiger partial charge on any atom is -0.352 e. The summed E-state index contributed by atoms with van der Waals surface area (Å²) in [5.41, 5.74) is 4.17. The molecule has 3 aromatic rings. The van der Waals surface area contributed by atoms with E-state index in [0.29, 0.717) is 30.8 Å². The molecule has 0 spiro atoms. The zero-order valence-electron chi connectivity index (χ0n) is 15.6. The second-order valence-corrected chi connectivity index (χ2v) is 8.87. The van der Waals surface area contributed by atoms with Crippen molar-refractivity contribution in [3.63, 3.8) is 0 Å². The van der Waals surface area contributed by atoms with Crippen LogP contribution in [-0.4, -0.2) is 43.2 Å². The summed E-state index contributed by atoms with van der Waals surface area (Å²) in [6, 6.07) is 13.2. The number of hydrogen-bond donors (Lipinski definition) is 1. The molecule has 1 aliphatic rings. The first-order valence-corrected chi connectivity index (χ1v) is 11.1. The maximum atomic E-state index is 12.4. The molecule has 0 saturated heterocycles. The molecule has 1 amide bonds. The smallest absolute Gasteiger partial charge is 0.251 e. The molecule has 0 radical (unpaired) electrons. The van der Waals surface area contributed by atoms with Crippen LogP contribution in [0.3, 0.4) is 0 Å². The van der Waals surface area contributed by atoms with Crippen LogP contribution in [0.2, 0.25) is 0 Å². The van der Waals surface area contributed by atoms with E-state index in [2.05, 4.69) is 14.9 Å². The van der Waals surface area contributed by atoms with Gasteiger partial charge in [-0.25, -0.2) is 13.4 Å². The molecule has 2 aromatic carbocycles. The average molecular weight is 398 g/mol. The van der Waals surface area contributed by atoms with Crippen molar-refractivity contribution in [1.82, 2.24) is 14.9 Å². The van der Waals surface area contributed by atoms with E-state index in [-0.39, 0.29) is 5.91 Å². The van der Waals surface area contributed by atoms with E-state index in [1.807, 2.05) is 30.6 Å². The number of anilines is 1. The van der Waals surface area contributed by atoms with Gasteiger partial charge in [0.25, 0.3) is 5.91 Å². The number of carbonyl (C=O) groups is 1. The van der Waals surface area contributed by atoms with Crippen LogP contribution in [0, 0.1) is 0 Å². The molecule has 4 rings (SSSR count). The Kier molecular flexibility index (Phi) is 4.80. The molecule has 8 heteroatoms. The van der Waals surface area contributed by atoms with Crippen LogP contribution in [0.5, 0.6) is 0 Å². The minimum absolute atomic E-state index is 0.143. The Labute approximate surface area is 164 Å². The largest absolute Gasteiger partial charge is 0.352 e. The Bertz CT molecular complexity index is 1140. The number of imidazole rings is 1. The van der Waals surface area contributed by atoms with Gasteiger partial charge in [-0.15, -0.1) is 0 Å². The van der Waals surface area contributed by atoms with Gasteiger partial charge in [0, 0.05) is 25.2 Å². The number of amides is 1. The van der Waals surface area contributed by atoms with Crippen LogP contribution in [0.15, 0.2) is 48.8 Å². The Morgan fingerprint density at radius 1 is 1.21 bits per heavy atom. The molecule has 1 aromatic heterocycles. The molecule has 1 N–H and O–H groups in total. The van der Waals surface area contributed by atoms with Crippen molar-refractivity contribution >= 4 is 32.7 Å². The third-order valence-electron chi connectivity index (χ3n) is 4.98. The van der Waals surface area contributed by atoms with Gasteiger partial charge in [0.1, 0.15) is 0 Å². The van der Waals surface area contributed by atoms with Gasteiger partial charge in [0.15, 0.2) is 0 Å². The van der Waals surface area contributed by atoms with E-state index in [1.165, 1.54) is 10.6 Å². The number of benzene rings is 2. The number of hydrogen-bond acceptors (Lipinski definition) is 4. The number of carbonyl (C=O) groups excluding carboxylic acids is 1. The molecule has 7 nitrogen and oxygen atoms in total. The molecule has 0 fully saturated rings. The lowest BCUT2D eigenvalue weighted by molar-refractivity contribution is 0.0952. The maximum Gasteiger partial charge on any atom is 0.251 e. The predicted octanol–water partition coefficient (Wildman–Crippen LogP) is 2.18. The fraction of sp³-hybridized carbons (Fsp3) is 0.300. The molecule has 2 heterocycles. The second kappa shape index (κ2) is 7.27. The predicted molar refractivity (Wildman–Crippen MR) is 109 cm³/mol. The highest BCUT2D eigenvalue weighted by molar-refractivity contribution is 7.92. The highest BCUT2D eigenvalue weighted by atomic mass is 32.2. The van der Waals surface area contributed by atoms with E-state index < -0.39 is 10.0 Å². The number of rotatable bonds is 6. The van der Waals surface area contributed by atoms with Gasteiger partial charge in [-0.1, -0.05) is 12.1 Å². The summed E-state index contributed by atoms with van der Waals surface area (Å²) in [7, 11) is -3.28. The molecule has 0 atom stereocenters. The summed E-state index contributed by atoms with van der Waals surface area (Å²) in [5.74, 6) is -0.143. The van der Waals surface area contributed by atoms with Crippen LogP contribution in [0.4, 0.5) is 5.69 Å². The average Bonchev–Trinajstić information content (AvgIpc) is 3.28. The van der Waals surface area contributed by atoms with Crippen molar-refractivity contribution in [3.8, 4) is 0 Å². The van der Waals surface area contributed by atoms with E-state index in [4.69, 9.17) is 0 Å². The van der Waals surface area contributed by atoms with Gasteiger partial charge in [0.2, 0.25) is 10.0 Å². The normalized spacial score (nSPS) is 13.7. The Balaban J connectivity index is 1.35. The zero-order chi connectivity index (χ0) is 19.7. The molecule has 28 heavy (non-hydrogen) atoms. The molecule has 0 saturated carbocycles. The number of aryl methyl sites for hydroxylation is 1. The van der Waals surface area contributed by atoms with Crippen molar-refractivity contribution < 1.29 is 13.2 Å². The van der Waals surface area contributed by atoms with Gasteiger partial charge in [-0.3, -0.25) is 9.10 Å². The minimum atomic E-state index is -3.28. The first-order valence-electron chi connectivity index (χ1n) is 9.22. The number of nitrogens with one attached hydrogen (secondary N) is 1. The third-order valence-corrected chi connectivity index (χ3v) is 6.16. The fourth-order valence-corrected chi connectivity index (χ4v) is 4.56. The van der Waals surface area contributed by atoms with Gasteiger partial charge >= 0.3 is 0 Å². The van der Waals surface area contributed by atoms with Gasteiger partial charge in [0.05, 0.1) is 29.3 Å². The van der Waals surface area contributed by atoms with Gasteiger partial charge in [-0.2, -0.15) is 0 Å². The van der Waals surface area contributed by atoms with Crippen LogP contribution >= 0.6 is 0 Å². The number of para-hydroxylation sites is 2. The van der Waals surface area contributed by atoms with Crippen molar-refractivity contribution in [2.75, 3.05) is 23.7 Å². The second-order valence-electron chi connectivity index (χ2n) is 6.96. The highest BCUT2D eigenvalue weighted by Gasteiger charge is 2.26. The van der Waals surface area contributed by atoms with Crippen molar-refractivity contribution in [2.24, 2.45) is 0 Å². The van der Waals surface area contributed by atoms with Crippen molar-refractivity contribution in [1.29, 1.82) is 0 Å². The number of fused-ring (bicyclic) bond motifs is 2. The van der Waals surface area contributed by atoms with Crippen molar-refractivity contribution in [3.05, 3.63) is 59.9 Å². The molecule has 0 unspecified atom stereocenters. The van der Waals surface area contributed by atoms with Crippen molar-refractivity contribution in [2.45, 2.75) is 19.4 Å². The van der Waals surface area contributed by atoms with Crippen LogP contribution < -0.4 is 9.62 Å². The van der Waals surface area contributed by atoms with Crippen LogP contribution in [0.25, 0.3) is 11.0 Å². The summed E-state index contributed by atoms with van der Waals surface area (Å²) < 4.78 is 27.1. The van der Waals surface area contributed by atoms with Gasteiger partial charge < -0.3 is 9.88 Å². The third kappa shape index (κ3) is 3.60. The number of nitrogens with zero attached hydrogens (tertiary/aromatic N) is 3. The van der Waals surface area contributed by atoms with Crippen LogP contribution in [-0.2, 0) is 23.0 Å². The Morgan fingerprint density at radius 2 is 2.04 bits per heavy atom. The topological polar surface area (TPSA) is 84.3 Å². The van der Waals surface area contributed by atoms with E-state index in [9.17, 15) is 13.2 Å². The summed E-state index contributed by atoms with van der Waals surface area (Å²) in [5, 5.41) is 2.94.